The topological polar surface area (TPSA) is 62.4 Å². The highest BCUT2D eigenvalue weighted by Gasteiger charge is 2.14. The van der Waals surface area contributed by atoms with Gasteiger partial charge in [-0.15, -0.1) is 0 Å². The predicted molar refractivity (Wildman–Crippen MR) is 71.0 cm³/mol. The SMILES string of the molecule is COc1ccc(NC(=O)N[C@@H]2CCCNC2)cc1. The molecular weight excluding hydrogens is 230 g/mol. The number of hydrogen-bond donors (Lipinski definition) is 3. The van der Waals surface area contributed by atoms with Crippen molar-refractivity contribution < 1.29 is 9.53 Å². The van der Waals surface area contributed by atoms with Gasteiger partial charge in [-0.05, 0) is 43.7 Å². The lowest BCUT2D eigenvalue weighted by molar-refractivity contribution is 0.245. The Bertz CT molecular complexity index is 386. The second-order valence-electron chi connectivity index (χ2n) is 4.37. The van der Waals surface area contributed by atoms with Gasteiger partial charge in [-0.25, -0.2) is 4.79 Å². The standard InChI is InChI=1S/C13H19N3O2/c1-18-12-6-4-10(5-7-12)15-13(17)16-11-3-2-8-14-9-11/h4-7,11,14H,2-3,8-9H2,1H3,(H2,15,16,17)/t11-/m1/s1. The number of piperidine rings is 1. The molecule has 1 saturated heterocycles. The molecule has 0 unspecified atom stereocenters. The predicted octanol–water partition coefficient (Wildman–Crippen LogP) is 1.57. The fraction of sp³-hybridized carbons (Fsp3) is 0.462. The van der Waals surface area contributed by atoms with Gasteiger partial charge in [-0.3, -0.25) is 0 Å². The van der Waals surface area contributed by atoms with Crippen LogP contribution in [-0.4, -0.2) is 32.3 Å². The fourth-order valence-corrected chi connectivity index (χ4v) is 2.00. The zero-order valence-corrected chi connectivity index (χ0v) is 10.5. The Kier molecular flexibility index (Phi) is 4.41. The number of amides is 2. The van der Waals surface area contributed by atoms with Crippen molar-refractivity contribution >= 4 is 11.7 Å². The van der Waals surface area contributed by atoms with E-state index in [-0.39, 0.29) is 12.1 Å². The number of benzene rings is 1. The molecule has 0 radical (unpaired) electrons. The summed E-state index contributed by atoms with van der Waals surface area (Å²) in [5.74, 6) is 0.775. The second kappa shape index (κ2) is 6.26. The molecule has 0 saturated carbocycles. The molecule has 0 bridgehead atoms. The number of carbonyl (C=O) groups excluding carboxylic acids is 1. The maximum atomic E-state index is 11.8. The number of anilines is 1. The number of hydrogen-bond acceptors (Lipinski definition) is 3. The summed E-state index contributed by atoms with van der Waals surface area (Å²) in [5.41, 5.74) is 0.761. The zero-order valence-electron chi connectivity index (χ0n) is 10.5. The Balaban J connectivity index is 1.82. The van der Waals surface area contributed by atoms with E-state index in [1.165, 1.54) is 0 Å². The summed E-state index contributed by atoms with van der Waals surface area (Å²) < 4.78 is 5.06. The Morgan fingerprint density at radius 2 is 2.17 bits per heavy atom. The van der Waals surface area contributed by atoms with E-state index >= 15 is 0 Å². The van der Waals surface area contributed by atoms with Crippen LogP contribution in [0.2, 0.25) is 0 Å². The van der Waals surface area contributed by atoms with E-state index in [1.54, 1.807) is 7.11 Å². The fourth-order valence-electron chi connectivity index (χ4n) is 2.00. The van der Waals surface area contributed by atoms with Crippen LogP contribution in [-0.2, 0) is 0 Å². The number of rotatable bonds is 3. The summed E-state index contributed by atoms with van der Waals surface area (Å²) in [7, 11) is 1.62. The summed E-state index contributed by atoms with van der Waals surface area (Å²) >= 11 is 0. The number of nitrogens with one attached hydrogen (secondary N) is 3. The molecule has 1 heterocycles. The van der Waals surface area contributed by atoms with E-state index < -0.39 is 0 Å². The van der Waals surface area contributed by atoms with Crippen molar-refractivity contribution in [1.29, 1.82) is 0 Å². The first kappa shape index (κ1) is 12.7. The lowest BCUT2D eigenvalue weighted by Gasteiger charge is -2.23. The van der Waals surface area contributed by atoms with E-state index in [4.69, 9.17) is 4.74 Å². The zero-order chi connectivity index (χ0) is 12.8. The van der Waals surface area contributed by atoms with Crippen LogP contribution in [0.3, 0.4) is 0 Å². The van der Waals surface area contributed by atoms with Gasteiger partial charge in [0.05, 0.1) is 7.11 Å². The van der Waals surface area contributed by atoms with Crippen molar-refractivity contribution in [3.63, 3.8) is 0 Å². The van der Waals surface area contributed by atoms with Crippen LogP contribution in [0.5, 0.6) is 5.75 Å². The van der Waals surface area contributed by atoms with Crippen LogP contribution in [0, 0.1) is 0 Å². The van der Waals surface area contributed by atoms with E-state index in [2.05, 4.69) is 16.0 Å². The smallest absolute Gasteiger partial charge is 0.319 e. The maximum Gasteiger partial charge on any atom is 0.319 e. The van der Waals surface area contributed by atoms with Crippen LogP contribution in [0.15, 0.2) is 24.3 Å². The molecule has 1 aromatic carbocycles. The average molecular weight is 249 g/mol. The molecule has 5 nitrogen and oxygen atoms in total. The molecule has 0 aromatic heterocycles. The summed E-state index contributed by atoms with van der Waals surface area (Å²) in [6.07, 6.45) is 2.14. The van der Waals surface area contributed by atoms with Gasteiger partial charge in [0.15, 0.2) is 0 Å². The number of urea groups is 1. The average Bonchev–Trinajstić information content (AvgIpc) is 2.40. The molecule has 3 N–H and O–H groups in total. The minimum absolute atomic E-state index is 0.158. The molecule has 1 aromatic rings. The highest BCUT2D eigenvalue weighted by molar-refractivity contribution is 5.89. The van der Waals surface area contributed by atoms with Gasteiger partial charge in [-0.1, -0.05) is 0 Å². The highest BCUT2D eigenvalue weighted by atomic mass is 16.5. The van der Waals surface area contributed by atoms with Gasteiger partial charge in [0.2, 0.25) is 0 Å². The van der Waals surface area contributed by atoms with Crippen molar-refractivity contribution in [3.8, 4) is 5.75 Å². The third-order valence-corrected chi connectivity index (χ3v) is 2.98. The lowest BCUT2D eigenvalue weighted by atomic mass is 10.1. The maximum absolute atomic E-state index is 11.8. The number of methoxy groups -OCH3 is 1. The van der Waals surface area contributed by atoms with Crippen molar-refractivity contribution in [2.75, 3.05) is 25.5 Å². The summed E-state index contributed by atoms with van der Waals surface area (Å²) in [4.78, 5) is 11.8. The molecule has 1 aliphatic heterocycles. The summed E-state index contributed by atoms with van der Waals surface area (Å²) in [5, 5.41) is 9.02. The third kappa shape index (κ3) is 3.63. The highest BCUT2D eigenvalue weighted by Crippen LogP contribution is 2.14. The van der Waals surface area contributed by atoms with Crippen molar-refractivity contribution in [2.45, 2.75) is 18.9 Å². The first-order chi connectivity index (χ1) is 8.78. The Hall–Kier alpha value is -1.75. The van der Waals surface area contributed by atoms with Crippen molar-refractivity contribution in [3.05, 3.63) is 24.3 Å². The summed E-state index contributed by atoms with van der Waals surface area (Å²) in [6, 6.07) is 7.33. The number of ether oxygens (including phenoxy) is 1. The monoisotopic (exact) mass is 249 g/mol. The molecule has 2 amide bonds. The van der Waals surface area contributed by atoms with Gasteiger partial charge in [0, 0.05) is 18.3 Å². The largest absolute Gasteiger partial charge is 0.497 e. The van der Waals surface area contributed by atoms with Gasteiger partial charge in [0.25, 0.3) is 0 Å². The van der Waals surface area contributed by atoms with E-state index in [0.717, 1.165) is 37.4 Å². The quantitative estimate of drug-likeness (QED) is 0.762. The normalized spacial score (nSPS) is 19.1. The van der Waals surface area contributed by atoms with Crippen LogP contribution < -0.4 is 20.7 Å². The van der Waals surface area contributed by atoms with E-state index in [0.29, 0.717) is 0 Å². The van der Waals surface area contributed by atoms with Gasteiger partial charge in [0.1, 0.15) is 5.75 Å². The lowest BCUT2D eigenvalue weighted by Crippen LogP contribution is -2.47. The Morgan fingerprint density at radius 1 is 1.39 bits per heavy atom. The molecule has 5 heteroatoms. The van der Waals surface area contributed by atoms with Crippen molar-refractivity contribution in [1.82, 2.24) is 10.6 Å². The first-order valence-electron chi connectivity index (χ1n) is 6.20. The molecular formula is C13H19N3O2. The van der Waals surface area contributed by atoms with E-state index in [1.807, 2.05) is 24.3 Å². The molecule has 2 rings (SSSR count). The third-order valence-electron chi connectivity index (χ3n) is 2.98. The minimum Gasteiger partial charge on any atom is -0.497 e. The van der Waals surface area contributed by atoms with Crippen LogP contribution in [0.25, 0.3) is 0 Å². The second-order valence-corrected chi connectivity index (χ2v) is 4.37. The van der Waals surface area contributed by atoms with Gasteiger partial charge < -0.3 is 20.7 Å². The molecule has 1 aliphatic rings. The van der Waals surface area contributed by atoms with Crippen LogP contribution >= 0.6 is 0 Å². The van der Waals surface area contributed by atoms with E-state index in [9.17, 15) is 4.79 Å². The molecule has 0 aliphatic carbocycles. The molecule has 1 fully saturated rings. The molecule has 1 atom stereocenters. The van der Waals surface area contributed by atoms with Gasteiger partial charge in [-0.2, -0.15) is 0 Å². The Morgan fingerprint density at radius 3 is 2.78 bits per heavy atom. The number of carbonyl (C=O) groups is 1. The Labute approximate surface area is 107 Å². The van der Waals surface area contributed by atoms with Crippen LogP contribution in [0.4, 0.5) is 10.5 Å². The van der Waals surface area contributed by atoms with Crippen molar-refractivity contribution in [2.24, 2.45) is 0 Å². The minimum atomic E-state index is -0.158. The molecule has 18 heavy (non-hydrogen) atoms. The molecule has 0 spiro atoms. The van der Waals surface area contributed by atoms with Gasteiger partial charge >= 0.3 is 6.03 Å². The molecule has 98 valence electrons. The summed E-state index contributed by atoms with van der Waals surface area (Å²) in [6.45, 7) is 1.88. The van der Waals surface area contributed by atoms with Crippen LogP contribution in [0.1, 0.15) is 12.8 Å². The first-order valence-corrected chi connectivity index (χ1v) is 6.20.